The number of carboxylic acids is 1. The third kappa shape index (κ3) is 4.50. The largest absolute Gasteiger partial charge is 0.480 e. The first-order valence-corrected chi connectivity index (χ1v) is 7.57. The second-order valence-electron chi connectivity index (χ2n) is 4.39. The fourth-order valence-electron chi connectivity index (χ4n) is 1.63. The Balaban J connectivity index is 2.54. The fourth-order valence-corrected chi connectivity index (χ4v) is 3.06. The molecule has 19 heavy (non-hydrogen) atoms. The molecule has 1 aromatic heterocycles. The van der Waals surface area contributed by atoms with Crippen molar-refractivity contribution in [2.75, 3.05) is 0 Å². The minimum absolute atomic E-state index is 0.367. The van der Waals surface area contributed by atoms with Gasteiger partial charge in [-0.25, -0.2) is 9.59 Å². The molecule has 0 aliphatic heterocycles. The van der Waals surface area contributed by atoms with Gasteiger partial charge in [0, 0.05) is 9.35 Å². The van der Waals surface area contributed by atoms with E-state index in [-0.39, 0.29) is 0 Å². The third-order valence-corrected chi connectivity index (χ3v) is 4.64. The van der Waals surface area contributed by atoms with Gasteiger partial charge in [-0.3, -0.25) is 0 Å². The van der Waals surface area contributed by atoms with Crippen molar-refractivity contribution in [1.29, 1.82) is 0 Å². The van der Waals surface area contributed by atoms with Gasteiger partial charge >= 0.3 is 12.0 Å². The average Bonchev–Trinajstić information content (AvgIpc) is 2.72. The molecule has 1 rings (SSSR count). The summed E-state index contributed by atoms with van der Waals surface area (Å²) in [7, 11) is 0. The zero-order valence-electron chi connectivity index (χ0n) is 10.8. The molecule has 106 valence electrons. The maximum Gasteiger partial charge on any atom is 0.329 e. The van der Waals surface area contributed by atoms with Crippen LogP contribution in [0.2, 0.25) is 0 Å². The molecule has 1 heterocycles. The van der Waals surface area contributed by atoms with Crippen LogP contribution in [0.15, 0.2) is 15.9 Å². The van der Waals surface area contributed by atoms with Crippen LogP contribution in [0.4, 0.5) is 4.79 Å². The Labute approximate surface area is 124 Å². The molecule has 0 saturated heterocycles. The van der Waals surface area contributed by atoms with Gasteiger partial charge in [-0.2, -0.15) is 0 Å². The summed E-state index contributed by atoms with van der Waals surface area (Å²) < 4.78 is 0.937. The molecule has 0 aromatic carbocycles. The zero-order chi connectivity index (χ0) is 14.5. The molecule has 1 aromatic rings. The molecule has 2 amide bonds. The minimum atomic E-state index is -1.23. The highest BCUT2D eigenvalue weighted by Crippen LogP contribution is 2.22. The first kappa shape index (κ1) is 16.0. The van der Waals surface area contributed by atoms with Gasteiger partial charge in [-0.15, -0.1) is 11.3 Å². The lowest BCUT2D eigenvalue weighted by atomic mass is 9.97. The van der Waals surface area contributed by atoms with Gasteiger partial charge in [0.2, 0.25) is 0 Å². The third-order valence-electron chi connectivity index (χ3n) is 2.71. The van der Waals surface area contributed by atoms with Crippen LogP contribution in [0.25, 0.3) is 0 Å². The molecule has 0 aliphatic carbocycles. The van der Waals surface area contributed by atoms with Gasteiger partial charge in [0.15, 0.2) is 0 Å². The van der Waals surface area contributed by atoms with Gasteiger partial charge in [0.05, 0.1) is 6.54 Å². The number of carbonyl (C=O) groups is 2. The number of amides is 2. The maximum atomic E-state index is 11.7. The SMILES string of the molecule is CCCC(C)(NC(=O)NCc1sccc1Br)C(=O)O. The molecule has 3 N–H and O–H groups in total. The van der Waals surface area contributed by atoms with E-state index in [1.165, 1.54) is 18.3 Å². The van der Waals surface area contributed by atoms with Crippen LogP contribution in [-0.2, 0) is 11.3 Å². The van der Waals surface area contributed by atoms with E-state index in [1.54, 1.807) is 0 Å². The normalized spacial score (nSPS) is 13.6. The molecular weight excluding hydrogens is 332 g/mol. The van der Waals surface area contributed by atoms with E-state index in [2.05, 4.69) is 26.6 Å². The highest BCUT2D eigenvalue weighted by Gasteiger charge is 2.33. The van der Waals surface area contributed by atoms with Crippen molar-refractivity contribution in [3.05, 3.63) is 20.8 Å². The van der Waals surface area contributed by atoms with Crippen LogP contribution in [0.1, 0.15) is 31.6 Å². The standard InChI is InChI=1S/C12H17BrN2O3S/c1-3-5-12(2,10(16)17)15-11(18)14-7-9-8(13)4-6-19-9/h4,6H,3,5,7H2,1-2H3,(H,16,17)(H2,14,15,18). The summed E-state index contributed by atoms with van der Waals surface area (Å²) in [6, 6.07) is 1.43. The number of carbonyl (C=O) groups excluding carboxylic acids is 1. The van der Waals surface area contributed by atoms with Crippen LogP contribution in [-0.4, -0.2) is 22.6 Å². The predicted molar refractivity (Wildman–Crippen MR) is 78.3 cm³/mol. The van der Waals surface area contributed by atoms with E-state index < -0.39 is 17.5 Å². The van der Waals surface area contributed by atoms with E-state index in [0.29, 0.717) is 19.4 Å². The van der Waals surface area contributed by atoms with Crippen molar-refractivity contribution in [2.45, 2.75) is 38.8 Å². The molecule has 0 spiro atoms. The number of carboxylic acid groups (broad SMARTS) is 1. The lowest BCUT2D eigenvalue weighted by molar-refractivity contribution is -0.144. The summed E-state index contributed by atoms with van der Waals surface area (Å²) in [5, 5.41) is 16.3. The van der Waals surface area contributed by atoms with Crippen molar-refractivity contribution in [2.24, 2.45) is 0 Å². The van der Waals surface area contributed by atoms with Crippen molar-refractivity contribution in [3.63, 3.8) is 0 Å². The minimum Gasteiger partial charge on any atom is -0.480 e. The van der Waals surface area contributed by atoms with Crippen LogP contribution in [0.5, 0.6) is 0 Å². The van der Waals surface area contributed by atoms with Crippen molar-refractivity contribution < 1.29 is 14.7 Å². The van der Waals surface area contributed by atoms with Crippen LogP contribution < -0.4 is 10.6 Å². The number of hydrogen-bond acceptors (Lipinski definition) is 3. The Morgan fingerprint density at radius 2 is 2.21 bits per heavy atom. The van der Waals surface area contributed by atoms with Crippen LogP contribution in [0, 0.1) is 0 Å². The Morgan fingerprint density at radius 3 is 2.68 bits per heavy atom. The number of urea groups is 1. The summed E-state index contributed by atoms with van der Waals surface area (Å²) in [6.07, 6.45) is 1.07. The second-order valence-corrected chi connectivity index (χ2v) is 6.24. The highest BCUT2D eigenvalue weighted by molar-refractivity contribution is 9.10. The smallest absolute Gasteiger partial charge is 0.329 e. The Bertz CT molecular complexity index is 464. The summed E-state index contributed by atoms with van der Waals surface area (Å²) in [4.78, 5) is 23.9. The summed E-state index contributed by atoms with van der Waals surface area (Å²) in [6.45, 7) is 3.76. The molecule has 0 saturated carbocycles. The average molecular weight is 349 g/mol. The van der Waals surface area contributed by atoms with Gasteiger partial charge in [-0.1, -0.05) is 13.3 Å². The van der Waals surface area contributed by atoms with Crippen LogP contribution >= 0.6 is 27.3 Å². The van der Waals surface area contributed by atoms with E-state index >= 15 is 0 Å². The fraction of sp³-hybridized carbons (Fsp3) is 0.500. The van der Waals surface area contributed by atoms with Gasteiger partial charge < -0.3 is 15.7 Å². The lowest BCUT2D eigenvalue weighted by Gasteiger charge is -2.25. The topological polar surface area (TPSA) is 78.4 Å². The number of halogens is 1. The molecule has 0 fully saturated rings. The Morgan fingerprint density at radius 1 is 1.53 bits per heavy atom. The summed E-state index contributed by atoms with van der Waals surface area (Å²) in [5.41, 5.74) is -1.23. The van der Waals surface area contributed by atoms with Crippen molar-refractivity contribution in [1.82, 2.24) is 10.6 Å². The number of aliphatic carboxylic acids is 1. The zero-order valence-corrected chi connectivity index (χ0v) is 13.2. The first-order chi connectivity index (χ1) is 8.89. The van der Waals surface area contributed by atoms with Crippen molar-refractivity contribution >= 4 is 39.3 Å². The number of hydrogen-bond donors (Lipinski definition) is 3. The number of rotatable bonds is 6. The molecule has 7 heteroatoms. The highest BCUT2D eigenvalue weighted by atomic mass is 79.9. The second kappa shape index (κ2) is 6.91. The molecule has 1 unspecified atom stereocenters. The molecular formula is C12H17BrN2O3S. The Kier molecular flexibility index (Phi) is 5.81. The van der Waals surface area contributed by atoms with Gasteiger partial charge in [0.25, 0.3) is 0 Å². The van der Waals surface area contributed by atoms with Gasteiger partial charge in [-0.05, 0) is 40.7 Å². The quantitative estimate of drug-likeness (QED) is 0.739. The van der Waals surface area contributed by atoms with Crippen molar-refractivity contribution in [3.8, 4) is 0 Å². The molecule has 0 radical (unpaired) electrons. The maximum absolute atomic E-state index is 11.7. The summed E-state index contributed by atoms with van der Waals surface area (Å²) >= 11 is 4.89. The van der Waals surface area contributed by atoms with Gasteiger partial charge in [0.1, 0.15) is 5.54 Å². The monoisotopic (exact) mass is 348 g/mol. The first-order valence-electron chi connectivity index (χ1n) is 5.90. The molecule has 1 atom stereocenters. The van der Waals surface area contributed by atoms with E-state index in [0.717, 1.165) is 9.35 Å². The lowest BCUT2D eigenvalue weighted by Crippen LogP contribution is -2.55. The number of nitrogens with one attached hydrogen (secondary N) is 2. The van der Waals surface area contributed by atoms with E-state index in [9.17, 15) is 9.59 Å². The molecule has 0 aliphatic rings. The van der Waals surface area contributed by atoms with E-state index in [1.807, 2.05) is 18.4 Å². The Hall–Kier alpha value is -1.08. The molecule has 0 bridgehead atoms. The van der Waals surface area contributed by atoms with Crippen LogP contribution in [0.3, 0.4) is 0 Å². The van der Waals surface area contributed by atoms with E-state index in [4.69, 9.17) is 5.11 Å². The molecule has 5 nitrogen and oxygen atoms in total. The number of thiophene rings is 1. The predicted octanol–water partition coefficient (Wildman–Crippen LogP) is 2.95. The summed E-state index contributed by atoms with van der Waals surface area (Å²) in [5.74, 6) is -1.03.